The molecule has 1 aromatic carbocycles. The highest BCUT2D eigenvalue weighted by Crippen LogP contribution is 2.24. The Balaban J connectivity index is 3.03. The number of nitrogens with two attached hydrogens (primary N) is 1. The Morgan fingerprint density at radius 2 is 1.75 bits per heavy atom. The highest BCUT2D eigenvalue weighted by atomic mass is 79.9. The van der Waals surface area contributed by atoms with E-state index >= 15 is 0 Å². The van der Waals surface area contributed by atoms with E-state index in [1.807, 2.05) is 0 Å². The van der Waals surface area contributed by atoms with Gasteiger partial charge in [0.2, 0.25) is 10.0 Å². The van der Waals surface area contributed by atoms with Crippen molar-refractivity contribution in [2.45, 2.75) is 4.90 Å². The van der Waals surface area contributed by atoms with E-state index < -0.39 is 10.0 Å². The average Bonchev–Trinajstić information content (AvgIpc) is 2.41. The lowest BCUT2D eigenvalue weighted by Crippen LogP contribution is -2.36. The molecule has 8 heteroatoms. The van der Waals surface area contributed by atoms with E-state index in [1.165, 1.54) is 30.7 Å². The zero-order chi connectivity index (χ0) is 15.2. The Morgan fingerprint density at radius 3 is 2.20 bits per heavy atom. The van der Waals surface area contributed by atoms with E-state index in [2.05, 4.69) is 15.9 Å². The van der Waals surface area contributed by atoms with Crippen molar-refractivity contribution in [1.82, 2.24) is 4.31 Å². The van der Waals surface area contributed by atoms with Crippen LogP contribution in [0.2, 0.25) is 0 Å². The Bertz CT molecular complexity index is 528. The van der Waals surface area contributed by atoms with Crippen molar-refractivity contribution in [3.63, 3.8) is 0 Å². The van der Waals surface area contributed by atoms with Crippen molar-refractivity contribution in [2.75, 3.05) is 46.3 Å². The summed E-state index contributed by atoms with van der Waals surface area (Å²) in [5, 5.41) is 0. The number of rotatable bonds is 8. The van der Waals surface area contributed by atoms with E-state index in [9.17, 15) is 8.42 Å². The molecular weight excluding hydrogens is 348 g/mol. The topological polar surface area (TPSA) is 81.9 Å². The smallest absolute Gasteiger partial charge is 0.243 e. The first kappa shape index (κ1) is 17.4. The second-order valence-corrected chi connectivity index (χ2v) is 6.87. The summed E-state index contributed by atoms with van der Waals surface area (Å²) in [4.78, 5) is 0.158. The van der Waals surface area contributed by atoms with Gasteiger partial charge in [0.25, 0.3) is 0 Å². The molecule has 1 aromatic rings. The van der Waals surface area contributed by atoms with Crippen molar-refractivity contribution < 1.29 is 17.9 Å². The Hall–Kier alpha value is -0.670. The summed E-state index contributed by atoms with van der Waals surface area (Å²) in [5.74, 6) is 0. The van der Waals surface area contributed by atoms with Crippen LogP contribution in [0.4, 0.5) is 5.69 Å². The Morgan fingerprint density at radius 1 is 1.20 bits per heavy atom. The SMILES string of the molecule is COCCN(CCOC)S(=O)(=O)c1ccc(Br)c(N)c1. The van der Waals surface area contributed by atoms with Crippen LogP contribution in [0.25, 0.3) is 0 Å². The summed E-state index contributed by atoms with van der Waals surface area (Å²) in [6.45, 7) is 1.15. The van der Waals surface area contributed by atoms with Gasteiger partial charge in [-0.25, -0.2) is 8.42 Å². The minimum atomic E-state index is -3.61. The van der Waals surface area contributed by atoms with Crippen LogP contribution in [0.3, 0.4) is 0 Å². The second-order valence-electron chi connectivity index (χ2n) is 4.07. The van der Waals surface area contributed by atoms with Crippen LogP contribution >= 0.6 is 15.9 Å². The molecule has 114 valence electrons. The van der Waals surface area contributed by atoms with Gasteiger partial charge < -0.3 is 15.2 Å². The van der Waals surface area contributed by atoms with Gasteiger partial charge in [-0.05, 0) is 34.1 Å². The number of hydrogen-bond donors (Lipinski definition) is 1. The average molecular weight is 367 g/mol. The molecule has 0 saturated heterocycles. The number of nitrogen functional groups attached to an aromatic ring is 1. The number of methoxy groups -OCH3 is 2. The van der Waals surface area contributed by atoms with E-state index in [4.69, 9.17) is 15.2 Å². The molecule has 0 spiro atoms. The molecule has 0 aromatic heterocycles. The van der Waals surface area contributed by atoms with Crippen LogP contribution in [0.1, 0.15) is 0 Å². The number of hydrogen-bond acceptors (Lipinski definition) is 5. The molecule has 0 aliphatic rings. The molecule has 0 fully saturated rings. The van der Waals surface area contributed by atoms with Crippen molar-refractivity contribution in [3.8, 4) is 0 Å². The molecule has 0 amide bonds. The predicted molar refractivity (Wildman–Crippen MR) is 81.1 cm³/mol. The molecule has 0 aliphatic carbocycles. The Kier molecular flexibility index (Phi) is 6.90. The lowest BCUT2D eigenvalue weighted by molar-refractivity contribution is 0.150. The van der Waals surface area contributed by atoms with E-state index in [0.29, 0.717) is 23.4 Å². The van der Waals surface area contributed by atoms with Crippen LogP contribution in [0.5, 0.6) is 0 Å². The molecular formula is C12H19BrN2O4S. The first-order valence-corrected chi connectivity index (χ1v) is 8.20. The summed E-state index contributed by atoms with van der Waals surface area (Å²) >= 11 is 3.24. The molecule has 0 aliphatic heterocycles. The van der Waals surface area contributed by atoms with Crippen molar-refractivity contribution >= 4 is 31.6 Å². The molecule has 0 radical (unpaired) electrons. The molecule has 0 saturated carbocycles. The maximum Gasteiger partial charge on any atom is 0.243 e. The number of halogens is 1. The molecule has 0 heterocycles. The lowest BCUT2D eigenvalue weighted by Gasteiger charge is -2.21. The van der Waals surface area contributed by atoms with Crippen LogP contribution in [-0.4, -0.2) is 53.2 Å². The van der Waals surface area contributed by atoms with Crippen LogP contribution in [0, 0.1) is 0 Å². The first-order chi connectivity index (χ1) is 9.43. The third-order valence-electron chi connectivity index (χ3n) is 2.69. The number of sulfonamides is 1. The minimum Gasteiger partial charge on any atom is -0.398 e. The highest BCUT2D eigenvalue weighted by molar-refractivity contribution is 9.10. The summed E-state index contributed by atoms with van der Waals surface area (Å²) in [7, 11) is -0.559. The maximum absolute atomic E-state index is 12.6. The van der Waals surface area contributed by atoms with Gasteiger partial charge in [0, 0.05) is 37.5 Å². The largest absolute Gasteiger partial charge is 0.398 e. The lowest BCUT2D eigenvalue weighted by atomic mass is 10.3. The fourth-order valence-corrected chi connectivity index (χ4v) is 3.26. The molecule has 0 bridgehead atoms. The number of nitrogens with zero attached hydrogens (tertiary/aromatic N) is 1. The zero-order valence-corrected chi connectivity index (χ0v) is 13.9. The molecule has 20 heavy (non-hydrogen) atoms. The van der Waals surface area contributed by atoms with Crippen molar-refractivity contribution in [2.24, 2.45) is 0 Å². The van der Waals surface area contributed by atoms with Gasteiger partial charge >= 0.3 is 0 Å². The number of ether oxygens (including phenoxy) is 2. The summed E-state index contributed by atoms with van der Waals surface area (Å²) in [6.07, 6.45) is 0. The van der Waals surface area contributed by atoms with Gasteiger partial charge in [0.1, 0.15) is 0 Å². The third-order valence-corrected chi connectivity index (χ3v) is 5.31. The quantitative estimate of drug-likeness (QED) is 0.701. The minimum absolute atomic E-state index is 0.158. The van der Waals surface area contributed by atoms with Crippen molar-refractivity contribution in [3.05, 3.63) is 22.7 Å². The van der Waals surface area contributed by atoms with Gasteiger partial charge in [-0.1, -0.05) is 0 Å². The van der Waals surface area contributed by atoms with Gasteiger partial charge in [0.15, 0.2) is 0 Å². The fourth-order valence-electron chi connectivity index (χ4n) is 1.57. The van der Waals surface area contributed by atoms with Crippen LogP contribution < -0.4 is 5.73 Å². The monoisotopic (exact) mass is 366 g/mol. The van der Waals surface area contributed by atoms with E-state index in [0.717, 1.165) is 0 Å². The van der Waals surface area contributed by atoms with Gasteiger partial charge in [0.05, 0.1) is 18.1 Å². The maximum atomic E-state index is 12.6. The van der Waals surface area contributed by atoms with Crippen LogP contribution in [0.15, 0.2) is 27.6 Å². The van der Waals surface area contributed by atoms with Crippen LogP contribution in [-0.2, 0) is 19.5 Å². The molecule has 2 N–H and O–H groups in total. The number of anilines is 1. The molecule has 6 nitrogen and oxygen atoms in total. The normalized spacial score (nSPS) is 12.0. The second kappa shape index (κ2) is 7.94. The van der Waals surface area contributed by atoms with Gasteiger partial charge in [-0.3, -0.25) is 0 Å². The zero-order valence-electron chi connectivity index (χ0n) is 11.5. The summed E-state index contributed by atoms with van der Waals surface area (Å²) in [5.41, 5.74) is 6.12. The third kappa shape index (κ3) is 4.42. The van der Waals surface area contributed by atoms with E-state index in [1.54, 1.807) is 6.07 Å². The first-order valence-electron chi connectivity index (χ1n) is 5.96. The summed E-state index contributed by atoms with van der Waals surface area (Å²) in [6, 6.07) is 4.57. The molecule has 0 atom stereocenters. The standard InChI is InChI=1S/C12H19BrN2O4S/c1-18-7-5-15(6-8-19-2)20(16,17)10-3-4-11(13)12(14)9-10/h3-4,9H,5-8,14H2,1-2H3. The Labute approximate surface area is 128 Å². The fraction of sp³-hybridized carbons (Fsp3) is 0.500. The van der Waals surface area contributed by atoms with E-state index in [-0.39, 0.29) is 18.0 Å². The molecule has 1 rings (SSSR count). The highest BCUT2D eigenvalue weighted by Gasteiger charge is 2.24. The van der Waals surface area contributed by atoms with Crippen molar-refractivity contribution in [1.29, 1.82) is 0 Å². The van der Waals surface area contributed by atoms with Gasteiger partial charge in [-0.2, -0.15) is 4.31 Å². The summed E-state index contributed by atoms with van der Waals surface area (Å²) < 4.78 is 37.0. The number of benzene rings is 1. The predicted octanol–water partition coefficient (Wildman–Crippen LogP) is 1.31. The van der Waals surface area contributed by atoms with Gasteiger partial charge in [-0.15, -0.1) is 0 Å². The molecule has 0 unspecified atom stereocenters.